The van der Waals surface area contributed by atoms with Crippen LogP contribution in [0.4, 0.5) is 4.39 Å². The molecule has 4 rings (SSSR count). The van der Waals surface area contributed by atoms with Crippen molar-refractivity contribution in [1.82, 2.24) is 9.96 Å². The molecule has 3 atom stereocenters. The second kappa shape index (κ2) is 7.40. The lowest BCUT2D eigenvalue weighted by Crippen LogP contribution is -2.53. The van der Waals surface area contributed by atoms with Gasteiger partial charge >= 0.3 is 0 Å². The fourth-order valence-corrected chi connectivity index (χ4v) is 4.23. The summed E-state index contributed by atoms with van der Waals surface area (Å²) >= 11 is 0. The Balaban J connectivity index is 1.49. The van der Waals surface area contributed by atoms with E-state index in [2.05, 4.69) is 4.90 Å². The smallest absolute Gasteiger partial charge is 0.250 e. The fraction of sp³-hybridized carbons (Fsp3) is 0.632. The molecule has 3 heterocycles. The van der Waals surface area contributed by atoms with Crippen LogP contribution < -0.4 is 0 Å². The third-order valence-corrected chi connectivity index (χ3v) is 5.54. The van der Waals surface area contributed by atoms with Crippen molar-refractivity contribution < 1.29 is 18.8 Å². The van der Waals surface area contributed by atoms with Crippen molar-refractivity contribution in [3.05, 3.63) is 35.6 Å². The van der Waals surface area contributed by atoms with E-state index in [0.29, 0.717) is 38.4 Å². The summed E-state index contributed by atoms with van der Waals surface area (Å²) in [5.74, 6) is -0.290. The van der Waals surface area contributed by atoms with Gasteiger partial charge < -0.3 is 4.74 Å². The molecule has 0 N–H and O–H groups in total. The van der Waals surface area contributed by atoms with E-state index in [1.165, 1.54) is 11.1 Å². The number of amides is 1. The van der Waals surface area contributed by atoms with Gasteiger partial charge in [-0.2, -0.15) is 0 Å². The minimum Gasteiger partial charge on any atom is -0.377 e. The van der Waals surface area contributed by atoms with Crippen LogP contribution in [0.5, 0.6) is 0 Å². The molecule has 3 saturated heterocycles. The standard InChI is InChI=1S/C19H25FN2O3/c20-16-6-2-1-5-14(16)12-21-13-15(11-18-17(21)7-10-24-18)19(23)22-8-3-4-9-25-22/h1-2,5-6,15,17-18H,3-4,7-13H2/t15-,17+,18+/m1/s1. The summed E-state index contributed by atoms with van der Waals surface area (Å²) in [4.78, 5) is 20.6. The number of hydroxylamine groups is 2. The Kier molecular flexibility index (Phi) is 5.01. The lowest BCUT2D eigenvalue weighted by Gasteiger charge is -2.41. The van der Waals surface area contributed by atoms with Crippen molar-refractivity contribution in [3.63, 3.8) is 0 Å². The number of nitrogens with zero attached hydrogens (tertiary/aromatic N) is 2. The average Bonchev–Trinajstić information content (AvgIpc) is 3.12. The first kappa shape index (κ1) is 16.9. The normalized spacial score (nSPS) is 30.3. The topological polar surface area (TPSA) is 42.0 Å². The van der Waals surface area contributed by atoms with Gasteiger partial charge in [-0.25, -0.2) is 9.45 Å². The number of fused-ring (bicyclic) bond motifs is 1. The molecule has 0 unspecified atom stereocenters. The van der Waals surface area contributed by atoms with Gasteiger partial charge in [0.05, 0.1) is 18.6 Å². The maximum absolute atomic E-state index is 14.1. The molecule has 6 heteroatoms. The molecule has 25 heavy (non-hydrogen) atoms. The molecule has 0 saturated carbocycles. The van der Waals surface area contributed by atoms with E-state index in [4.69, 9.17) is 9.57 Å². The van der Waals surface area contributed by atoms with E-state index in [0.717, 1.165) is 25.7 Å². The number of rotatable bonds is 3. The van der Waals surface area contributed by atoms with Gasteiger partial charge in [0.1, 0.15) is 5.82 Å². The molecule has 0 aliphatic carbocycles. The molecule has 0 aromatic heterocycles. The van der Waals surface area contributed by atoms with E-state index >= 15 is 0 Å². The fourth-order valence-electron chi connectivity index (χ4n) is 4.23. The number of carbonyl (C=O) groups excluding carboxylic acids is 1. The van der Waals surface area contributed by atoms with E-state index in [1.807, 2.05) is 12.1 Å². The molecule has 1 amide bonds. The van der Waals surface area contributed by atoms with Crippen LogP contribution in [0.1, 0.15) is 31.2 Å². The molecule has 1 aromatic rings. The van der Waals surface area contributed by atoms with Crippen LogP contribution >= 0.6 is 0 Å². The van der Waals surface area contributed by atoms with Crippen molar-refractivity contribution >= 4 is 5.91 Å². The van der Waals surface area contributed by atoms with E-state index in [1.54, 1.807) is 6.07 Å². The van der Waals surface area contributed by atoms with E-state index in [9.17, 15) is 9.18 Å². The van der Waals surface area contributed by atoms with Crippen molar-refractivity contribution in [2.75, 3.05) is 26.3 Å². The molecule has 0 spiro atoms. The predicted molar refractivity (Wildman–Crippen MR) is 90.0 cm³/mol. The Morgan fingerprint density at radius 2 is 2.12 bits per heavy atom. The van der Waals surface area contributed by atoms with Crippen molar-refractivity contribution in [2.24, 2.45) is 5.92 Å². The molecule has 1 aromatic carbocycles. The number of hydrogen-bond donors (Lipinski definition) is 0. The summed E-state index contributed by atoms with van der Waals surface area (Å²) < 4.78 is 20.0. The first-order valence-electron chi connectivity index (χ1n) is 9.26. The van der Waals surface area contributed by atoms with Crippen molar-refractivity contribution in [2.45, 2.75) is 44.4 Å². The highest BCUT2D eigenvalue weighted by atomic mass is 19.1. The highest BCUT2D eigenvalue weighted by Gasteiger charge is 2.43. The minimum atomic E-state index is -0.189. The molecular weight excluding hydrogens is 323 g/mol. The van der Waals surface area contributed by atoms with Gasteiger partial charge in [0.15, 0.2) is 0 Å². The summed E-state index contributed by atoms with van der Waals surface area (Å²) in [6.45, 7) is 3.14. The van der Waals surface area contributed by atoms with Crippen LogP contribution in [0, 0.1) is 11.7 Å². The number of carbonyl (C=O) groups is 1. The zero-order chi connectivity index (χ0) is 17.2. The quantitative estimate of drug-likeness (QED) is 0.841. The first-order chi connectivity index (χ1) is 12.2. The van der Waals surface area contributed by atoms with Gasteiger partial charge in [-0.1, -0.05) is 18.2 Å². The zero-order valence-electron chi connectivity index (χ0n) is 14.4. The van der Waals surface area contributed by atoms with Gasteiger partial charge in [-0.3, -0.25) is 14.5 Å². The molecule has 0 bridgehead atoms. The number of benzene rings is 1. The largest absolute Gasteiger partial charge is 0.377 e. The average molecular weight is 348 g/mol. The van der Waals surface area contributed by atoms with Gasteiger partial charge in [0.2, 0.25) is 0 Å². The van der Waals surface area contributed by atoms with Crippen LogP contribution in [0.3, 0.4) is 0 Å². The van der Waals surface area contributed by atoms with E-state index < -0.39 is 0 Å². The van der Waals surface area contributed by atoms with Crippen LogP contribution in [-0.2, 0) is 20.9 Å². The molecule has 3 aliphatic heterocycles. The number of halogens is 1. The monoisotopic (exact) mass is 348 g/mol. The number of piperidine rings is 1. The summed E-state index contributed by atoms with van der Waals surface area (Å²) in [7, 11) is 0. The number of likely N-dealkylation sites (tertiary alicyclic amines) is 1. The molecule has 136 valence electrons. The molecule has 5 nitrogen and oxygen atoms in total. The highest BCUT2D eigenvalue weighted by molar-refractivity contribution is 5.78. The number of ether oxygens (including phenoxy) is 1. The predicted octanol–water partition coefficient (Wildman–Crippen LogP) is 2.36. The van der Waals surface area contributed by atoms with Crippen molar-refractivity contribution in [1.29, 1.82) is 0 Å². The summed E-state index contributed by atoms with van der Waals surface area (Å²) in [5, 5.41) is 1.53. The van der Waals surface area contributed by atoms with Crippen LogP contribution in [0.2, 0.25) is 0 Å². The third-order valence-electron chi connectivity index (χ3n) is 5.54. The van der Waals surface area contributed by atoms with Crippen LogP contribution in [0.15, 0.2) is 24.3 Å². The Morgan fingerprint density at radius 1 is 1.24 bits per heavy atom. The highest BCUT2D eigenvalue weighted by Crippen LogP contribution is 2.33. The lowest BCUT2D eigenvalue weighted by molar-refractivity contribution is -0.204. The van der Waals surface area contributed by atoms with Gasteiger partial charge in [0.25, 0.3) is 5.91 Å². The third kappa shape index (κ3) is 3.57. The maximum atomic E-state index is 14.1. The van der Waals surface area contributed by atoms with Crippen molar-refractivity contribution in [3.8, 4) is 0 Å². The van der Waals surface area contributed by atoms with E-state index in [-0.39, 0.29) is 29.8 Å². The Morgan fingerprint density at radius 3 is 2.92 bits per heavy atom. The van der Waals surface area contributed by atoms with Gasteiger partial charge in [0, 0.05) is 37.8 Å². The summed E-state index contributed by atoms with van der Waals surface area (Å²) in [6, 6.07) is 7.14. The molecular formula is C19H25FN2O3. The zero-order valence-corrected chi connectivity index (χ0v) is 14.4. The molecule has 0 radical (unpaired) electrons. The second-order valence-corrected chi connectivity index (χ2v) is 7.20. The van der Waals surface area contributed by atoms with Crippen LogP contribution in [0.25, 0.3) is 0 Å². The van der Waals surface area contributed by atoms with Crippen LogP contribution in [-0.4, -0.2) is 54.3 Å². The van der Waals surface area contributed by atoms with Gasteiger partial charge in [-0.15, -0.1) is 0 Å². The number of hydrogen-bond acceptors (Lipinski definition) is 4. The molecule has 3 fully saturated rings. The SMILES string of the molecule is O=C([C@@H]1C[C@@H]2OCC[C@@H]2N(Cc2ccccc2F)C1)N1CCCCO1. The maximum Gasteiger partial charge on any atom is 0.250 e. The summed E-state index contributed by atoms with van der Waals surface area (Å²) in [6.07, 6.45) is 3.72. The molecule has 3 aliphatic rings. The second-order valence-electron chi connectivity index (χ2n) is 7.20. The Bertz CT molecular complexity index is 620. The Hall–Kier alpha value is -1.50. The minimum absolute atomic E-state index is 0.0483. The lowest BCUT2D eigenvalue weighted by atomic mass is 9.89. The summed E-state index contributed by atoms with van der Waals surface area (Å²) in [5.41, 5.74) is 0.676. The Labute approximate surface area is 147 Å². The first-order valence-corrected chi connectivity index (χ1v) is 9.26. The van der Waals surface area contributed by atoms with Gasteiger partial charge in [-0.05, 0) is 31.7 Å².